The summed E-state index contributed by atoms with van der Waals surface area (Å²) >= 11 is 0. The number of hydrogen-bond acceptors (Lipinski definition) is 3. The highest BCUT2D eigenvalue weighted by atomic mass is 16.3. The molecule has 0 aliphatic carbocycles. The summed E-state index contributed by atoms with van der Waals surface area (Å²) in [6.07, 6.45) is 1.06. The molecule has 1 aliphatic rings. The lowest BCUT2D eigenvalue weighted by Gasteiger charge is -2.13. The first-order chi connectivity index (χ1) is 6.29. The molecule has 70 valence electrons. The predicted octanol–water partition coefficient (Wildman–Crippen LogP) is 1.05. The molecule has 3 heteroatoms. The van der Waals surface area contributed by atoms with Crippen molar-refractivity contribution in [2.45, 2.75) is 12.3 Å². The van der Waals surface area contributed by atoms with Gasteiger partial charge in [-0.3, -0.25) is 0 Å². The first-order valence-corrected chi connectivity index (χ1v) is 4.57. The number of nitrogens with one attached hydrogen (secondary N) is 1. The van der Waals surface area contributed by atoms with Gasteiger partial charge in [0.2, 0.25) is 0 Å². The Morgan fingerprint density at radius 2 is 2.31 bits per heavy atom. The second-order valence-corrected chi connectivity index (χ2v) is 3.47. The molecule has 4 N–H and O–H groups in total. The van der Waals surface area contributed by atoms with Crippen LogP contribution in [0.5, 0.6) is 5.75 Å². The van der Waals surface area contributed by atoms with Gasteiger partial charge in [0.15, 0.2) is 0 Å². The van der Waals surface area contributed by atoms with E-state index in [1.54, 1.807) is 12.1 Å². The molecule has 1 aromatic carbocycles. The zero-order chi connectivity index (χ0) is 9.26. The molecule has 0 spiro atoms. The van der Waals surface area contributed by atoms with Crippen LogP contribution in [0.1, 0.15) is 17.9 Å². The van der Waals surface area contributed by atoms with E-state index in [0.717, 1.165) is 25.1 Å². The predicted molar refractivity (Wildman–Crippen MR) is 52.7 cm³/mol. The number of aromatic hydroxyl groups is 1. The van der Waals surface area contributed by atoms with Gasteiger partial charge in [-0.25, -0.2) is 0 Å². The van der Waals surface area contributed by atoms with Gasteiger partial charge in [0.1, 0.15) is 5.75 Å². The summed E-state index contributed by atoms with van der Waals surface area (Å²) in [7, 11) is 0. The van der Waals surface area contributed by atoms with Crippen molar-refractivity contribution in [3.63, 3.8) is 0 Å². The minimum absolute atomic E-state index is 0.328. The maximum atomic E-state index is 9.64. The molecule has 0 bridgehead atoms. The first kappa shape index (κ1) is 8.38. The Kier molecular flexibility index (Phi) is 2.10. The molecule has 2 rings (SSSR count). The Hall–Kier alpha value is -1.22. The number of rotatable bonds is 1. The molecule has 1 aliphatic heterocycles. The Labute approximate surface area is 77.6 Å². The van der Waals surface area contributed by atoms with E-state index in [0.29, 0.717) is 17.4 Å². The van der Waals surface area contributed by atoms with Gasteiger partial charge in [-0.05, 0) is 25.1 Å². The van der Waals surface area contributed by atoms with E-state index in [2.05, 4.69) is 5.32 Å². The van der Waals surface area contributed by atoms with Crippen molar-refractivity contribution in [3.8, 4) is 5.75 Å². The number of nitrogen functional groups attached to an aromatic ring is 1. The normalized spacial score (nSPS) is 22.0. The summed E-state index contributed by atoms with van der Waals surface area (Å²) < 4.78 is 0. The number of nitrogens with two attached hydrogens (primary N) is 1. The summed E-state index contributed by atoms with van der Waals surface area (Å²) in [5, 5.41) is 12.9. The van der Waals surface area contributed by atoms with E-state index in [1.807, 2.05) is 6.07 Å². The summed E-state index contributed by atoms with van der Waals surface area (Å²) in [5.74, 6) is 0.704. The van der Waals surface area contributed by atoms with Crippen molar-refractivity contribution in [1.29, 1.82) is 0 Å². The van der Waals surface area contributed by atoms with Gasteiger partial charge in [-0.1, -0.05) is 6.07 Å². The van der Waals surface area contributed by atoms with Crippen molar-refractivity contribution in [3.05, 3.63) is 23.8 Å². The lowest BCUT2D eigenvalue weighted by molar-refractivity contribution is 0.463. The van der Waals surface area contributed by atoms with Crippen molar-refractivity contribution >= 4 is 5.69 Å². The molecule has 13 heavy (non-hydrogen) atoms. The van der Waals surface area contributed by atoms with Crippen LogP contribution < -0.4 is 11.1 Å². The van der Waals surface area contributed by atoms with Crippen LogP contribution in [0.25, 0.3) is 0 Å². The molecule has 1 unspecified atom stereocenters. The van der Waals surface area contributed by atoms with Gasteiger partial charge in [0.25, 0.3) is 0 Å². The molecule has 0 radical (unpaired) electrons. The van der Waals surface area contributed by atoms with Crippen LogP contribution in [0.15, 0.2) is 18.2 Å². The average Bonchev–Trinajstić information content (AvgIpc) is 2.57. The summed E-state index contributed by atoms with van der Waals surface area (Å²) in [4.78, 5) is 0. The maximum Gasteiger partial charge on any atom is 0.121 e. The van der Waals surface area contributed by atoms with Crippen molar-refractivity contribution < 1.29 is 5.11 Å². The Balaban J connectivity index is 2.37. The minimum atomic E-state index is 0.328. The zero-order valence-corrected chi connectivity index (χ0v) is 7.46. The molecule has 1 fully saturated rings. The average molecular weight is 178 g/mol. The monoisotopic (exact) mass is 178 g/mol. The van der Waals surface area contributed by atoms with Crippen molar-refractivity contribution in [2.24, 2.45) is 0 Å². The van der Waals surface area contributed by atoms with Gasteiger partial charge in [-0.2, -0.15) is 0 Å². The van der Waals surface area contributed by atoms with Gasteiger partial charge in [0, 0.05) is 23.7 Å². The number of phenolic OH excluding ortho intramolecular Hbond substituents is 1. The Morgan fingerprint density at radius 3 is 2.92 bits per heavy atom. The molecule has 1 saturated heterocycles. The third kappa shape index (κ3) is 1.47. The summed E-state index contributed by atoms with van der Waals surface area (Å²) in [5.41, 5.74) is 7.43. The van der Waals surface area contributed by atoms with Crippen molar-refractivity contribution in [1.82, 2.24) is 5.32 Å². The van der Waals surface area contributed by atoms with E-state index in [1.165, 1.54) is 0 Å². The second-order valence-electron chi connectivity index (χ2n) is 3.47. The summed E-state index contributed by atoms with van der Waals surface area (Å²) in [6, 6.07) is 5.31. The Bertz CT molecular complexity index is 286. The first-order valence-electron chi connectivity index (χ1n) is 4.57. The van der Waals surface area contributed by atoms with E-state index < -0.39 is 0 Å². The Morgan fingerprint density at radius 1 is 1.46 bits per heavy atom. The van der Waals surface area contributed by atoms with Gasteiger partial charge < -0.3 is 16.2 Å². The maximum absolute atomic E-state index is 9.64. The highest BCUT2D eigenvalue weighted by Gasteiger charge is 2.21. The van der Waals surface area contributed by atoms with Crippen LogP contribution in [0, 0.1) is 0 Å². The lowest BCUT2D eigenvalue weighted by atomic mass is 9.96. The van der Waals surface area contributed by atoms with Gasteiger partial charge in [0.05, 0.1) is 0 Å². The zero-order valence-electron chi connectivity index (χ0n) is 7.46. The van der Waals surface area contributed by atoms with Crippen molar-refractivity contribution in [2.75, 3.05) is 18.8 Å². The molecule has 0 aromatic heterocycles. The molecule has 1 atom stereocenters. The smallest absolute Gasteiger partial charge is 0.121 e. The molecule has 0 saturated carbocycles. The summed E-state index contributed by atoms with van der Waals surface area (Å²) in [6.45, 7) is 1.93. The van der Waals surface area contributed by atoms with Crippen LogP contribution in [0.2, 0.25) is 0 Å². The molecule has 0 amide bonds. The van der Waals surface area contributed by atoms with E-state index >= 15 is 0 Å². The quantitative estimate of drug-likeness (QED) is 0.563. The molecular weight excluding hydrogens is 164 g/mol. The second kappa shape index (κ2) is 3.26. The lowest BCUT2D eigenvalue weighted by Crippen LogP contribution is -2.09. The third-order valence-corrected chi connectivity index (χ3v) is 2.59. The van der Waals surface area contributed by atoms with Crippen LogP contribution >= 0.6 is 0 Å². The van der Waals surface area contributed by atoms with Crippen LogP contribution in [-0.4, -0.2) is 18.2 Å². The number of hydrogen-bond donors (Lipinski definition) is 3. The fourth-order valence-electron chi connectivity index (χ4n) is 1.92. The molecule has 1 aromatic rings. The SMILES string of the molecule is Nc1cccc(O)c1C1CCNC1. The third-order valence-electron chi connectivity index (χ3n) is 2.59. The minimum Gasteiger partial charge on any atom is -0.508 e. The highest BCUT2D eigenvalue weighted by molar-refractivity contribution is 5.55. The van der Waals surface area contributed by atoms with Crippen LogP contribution in [0.4, 0.5) is 5.69 Å². The van der Waals surface area contributed by atoms with Crippen LogP contribution in [-0.2, 0) is 0 Å². The fourth-order valence-corrected chi connectivity index (χ4v) is 1.92. The van der Waals surface area contributed by atoms with E-state index in [9.17, 15) is 5.11 Å². The van der Waals surface area contributed by atoms with Gasteiger partial charge in [-0.15, -0.1) is 0 Å². The van der Waals surface area contributed by atoms with E-state index in [4.69, 9.17) is 5.73 Å². The number of anilines is 1. The topological polar surface area (TPSA) is 58.3 Å². The van der Waals surface area contributed by atoms with Crippen LogP contribution in [0.3, 0.4) is 0 Å². The molecular formula is C10H14N2O. The molecule has 1 heterocycles. The highest BCUT2D eigenvalue weighted by Crippen LogP contribution is 2.34. The number of benzene rings is 1. The van der Waals surface area contributed by atoms with Gasteiger partial charge >= 0.3 is 0 Å². The molecule has 3 nitrogen and oxygen atoms in total. The fraction of sp³-hybridized carbons (Fsp3) is 0.400. The standard InChI is InChI=1S/C10H14N2O/c11-8-2-1-3-9(13)10(8)7-4-5-12-6-7/h1-3,7,12-13H,4-6,11H2. The van der Waals surface area contributed by atoms with E-state index in [-0.39, 0.29) is 0 Å². The number of phenols is 1. The largest absolute Gasteiger partial charge is 0.508 e.